The highest BCUT2D eigenvalue weighted by Crippen LogP contribution is 2.37. The molecule has 7 rings (SSSR count). The van der Waals surface area contributed by atoms with Gasteiger partial charge in [0.2, 0.25) is 11.9 Å². The Bertz CT molecular complexity index is 2580. The number of carbonyl (C=O) groups is 4. The van der Waals surface area contributed by atoms with Crippen molar-refractivity contribution in [2.45, 2.75) is 57.9 Å². The van der Waals surface area contributed by atoms with Crippen molar-refractivity contribution >= 4 is 58.6 Å². The number of rotatable bonds is 27. The van der Waals surface area contributed by atoms with E-state index in [4.69, 9.17) is 35.5 Å². The summed E-state index contributed by atoms with van der Waals surface area (Å²) in [5.41, 5.74) is 5.54. The first kappa shape index (κ1) is 51.6. The highest BCUT2D eigenvalue weighted by Gasteiger charge is 2.33. The van der Waals surface area contributed by atoms with Gasteiger partial charge in [0.25, 0.3) is 11.8 Å². The molecule has 2 unspecified atom stereocenters. The standard InChI is InChI=1S/C51H57ClF2N8O8/c1-33(5-4-20-63)62-32-41-39(50(62)66)6-2-9-44(41)60-45(64)16-21-67-25-27-70-28-26-69-23-18-55-17-22-68-24-19-56-49(65)34-10-13-37(14-11-34)59-51-58-31-35-30-57-48(46-42(53)7-3-8-43(46)54)40-29-36(52)12-15-38(40)47(35)61-51/h2-3,6-7,9-15,20,29,31,33,43,55H,4-5,8,16-19,21-28,30,32H2,1H3,(H,56,65)(H,60,64)(H,58,59,61). The molecule has 16 nitrogen and oxygen atoms in total. The number of hydrogen-bond acceptors (Lipinski definition) is 13. The van der Waals surface area contributed by atoms with Crippen molar-refractivity contribution in [3.63, 3.8) is 0 Å². The van der Waals surface area contributed by atoms with E-state index < -0.39 is 12.0 Å². The number of benzene rings is 3. The second-order valence-corrected chi connectivity index (χ2v) is 17.0. The van der Waals surface area contributed by atoms with Crippen LogP contribution in [-0.4, -0.2) is 129 Å². The van der Waals surface area contributed by atoms with Crippen LogP contribution in [0.3, 0.4) is 0 Å². The van der Waals surface area contributed by atoms with Gasteiger partial charge in [-0.15, -0.1) is 0 Å². The van der Waals surface area contributed by atoms with Gasteiger partial charge in [-0.3, -0.25) is 19.4 Å². The van der Waals surface area contributed by atoms with Gasteiger partial charge in [-0.05, 0) is 68.0 Å². The number of fused-ring (bicyclic) bond motifs is 4. The average molecular weight is 984 g/mol. The number of ether oxygens (including phenoxy) is 4. The fourth-order valence-electron chi connectivity index (χ4n) is 8.02. The zero-order valence-corrected chi connectivity index (χ0v) is 39.7. The molecule has 2 aliphatic heterocycles. The summed E-state index contributed by atoms with van der Waals surface area (Å²) in [7, 11) is 0. The first-order chi connectivity index (χ1) is 34.1. The van der Waals surface area contributed by atoms with E-state index in [0.29, 0.717) is 135 Å². The number of nitrogens with zero attached hydrogens (tertiary/aromatic N) is 4. The number of halogens is 3. The van der Waals surface area contributed by atoms with Crippen molar-refractivity contribution in [1.82, 2.24) is 25.5 Å². The second kappa shape index (κ2) is 26.1. The molecule has 0 bridgehead atoms. The molecule has 2 atom stereocenters. The summed E-state index contributed by atoms with van der Waals surface area (Å²) < 4.78 is 52.3. The lowest BCUT2D eigenvalue weighted by molar-refractivity contribution is -0.117. The number of aldehydes is 1. The van der Waals surface area contributed by atoms with Crippen molar-refractivity contribution in [3.8, 4) is 11.3 Å². The predicted octanol–water partition coefficient (Wildman–Crippen LogP) is 7.10. The fourth-order valence-corrected chi connectivity index (χ4v) is 8.20. The first-order valence-electron chi connectivity index (χ1n) is 23.4. The Labute approximate surface area is 410 Å². The van der Waals surface area contributed by atoms with Crippen molar-refractivity contribution in [1.29, 1.82) is 0 Å². The van der Waals surface area contributed by atoms with E-state index in [9.17, 15) is 23.6 Å². The van der Waals surface area contributed by atoms with E-state index in [0.717, 1.165) is 11.8 Å². The maximum absolute atomic E-state index is 15.1. The second-order valence-electron chi connectivity index (χ2n) is 16.6. The van der Waals surface area contributed by atoms with Crippen LogP contribution >= 0.6 is 11.6 Å². The predicted molar refractivity (Wildman–Crippen MR) is 262 cm³/mol. The Morgan fingerprint density at radius 1 is 0.914 bits per heavy atom. The van der Waals surface area contributed by atoms with Crippen LogP contribution < -0.4 is 21.3 Å². The molecule has 19 heteroatoms. The Hall–Kier alpha value is -6.28. The SMILES string of the molecule is CC(CCC=O)N1Cc2c(NC(=O)CCOCCOCCOCCNCCOCCNC(=O)c3ccc(Nc4ncc5c(n4)-c4ccc(Cl)cc4C(C4=C(F)C=CCC4F)=NC5)cc3)cccc2C1=O. The largest absolute Gasteiger partial charge is 0.379 e. The first-order valence-corrected chi connectivity index (χ1v) is 23.7. The molecule has 0 spiro atoms. The van der Waals surface area contributed by atoms with Crippen molar-refractivity contribution < 1.29 is 46.9 Å². The summed E-state index contributed by atoms with van der Waals surface area (Å²) in [6.45, 7) is 7.08. The molecule has 0 radical (unpaired) electrons. The van der Waals surface area contributed by atoms with Gasteiger partial charge >= 0.3 is 0 Å². The maximum atomic E-state index is 15.1. The number of allylic oxidation sites excluding steroid dienone is 4. The molecule has 4 aromatic rings. The smallest absolute Gasteiger partial charge is 0.254 e. The Morgan fingerprint density at radius 2 is 1.64 bits per heavy atom. The van der Waals surface area contributed by atoms with Crippen LogP contribution in [0.25, 0.3) is 11.3 Å². The Kier molecular flexibility index (Phi) is 19.2. The van der Waals surface area contributed by atoms with E-state index in [-0.39, 0.29) is 67.0 Å². The van der Waals surface area contributed by atoms with Gasteiger partial charge in [-0.25, -0.2) is 18.7 Å². The van der Waals surface area contributed by atoms with Gasteiger partial charge < -0.3 is 49.9 Å². The molecule has 3 heterocycles. The lowest BCUT2D eigenvalue weighted by atomic mass is 9.90. The lowest BCUT2D eigenvalue weighted by Crippen LogP contribution is -2.33. The summed E-state index contributed by atoms with van der Waals surface area (Å²) in [5.74, 6) is -0.927. The van der Waals surface area contributed by atoms with Crippen LogP contribution in [0.1, 0.15) is 70.0 Å². The topological polar surface area (TPSA) is 195 Å². The van der Waals surface area contributed by atoms with Gasteiger partial charge in [0, 0.05) is 107 Å². The van der Waals surface area contributed by atoms with Crippen LogP contribution in [0.15, 0.2) is 95.4 Å². The molecular weight excluding hydrogens is 926 g/mol. The molecule has 3 amide bonds. The highest BCUT2D eigenvalue weighted by molar-refractivity contribution is 6.31. The van der Waals surface area contributed by atoms with Gasteiger partial charge in [0.15, 0.2) is 0 Å². The molecular formula is C51H57ClF2N8O8. The molecule has 1 aliphatic carbocycles. The van der Waals surface area contributed by atoms with Gasteiger partial charge in [-0.2, -0.15) is 0 Å². The number of hydrogen-bond donors (Lipinski definition) is 4. The normalized spacial score (nSPS) is 15.4. The van der Waals surface area contributed by atoms with E-state index in [1.807, 2.05) is 6.92 Å². The number of amides is 3. The van der Waals surface area contributed by atoms with E-state index >= 15 is 4.39 Å². The number of aliphatic imine (C=N–C) groups is 1. The van der Waals surface area contributed by atoms with Gasteiger partial charge in [-0.1, -0.05) is 29.8 Å². The minimum absolute atomic E-state index is 0.0528. The third kappa shape index (κ3) is 13.9. The summed E-state index contributed by atoms with van der Waals surface area (Å²) in [4.78, 5) is 64.6. The molecule has 3 aromatic carbocycles. The summed E-state index contributed by atoms with van der Waals surface area (Å²) in [6, 6.07) is 17.2. The number of carbonyl (C=O) groups excluding carboxylic acids is 4. The summed E-state index contributed by atoms with van der Waals surface area (Å²) in [6.07, 6.45) is 4.86. The molecule has 3 aliphatic rings. The fraction of sp³-hybridized carbons (Fsp3) is 0.392. The van der Waals surface area contributed by atoms with Crippen molar-refractivity contribution in [2.24, 2.45) is 4.99 Å². The summed E-state index contributed by atoms with van der Waals surface area (Å²) >= 11 is 6.36. The van der Waals surface area contributed by atoms with Crippen LogP contribution in [0.2, 0.25) is 5.02 Å². The number of nitrogens with one attached hydrogen (secondary N) is 4. The van der Waals surface area contributed by atoms with E-state index in [1.165, 1.54) is 12.2 Å². The molecule has 0 saturated heterocycles. The molecule has 0 fully saturated rings. The summed E-state index contributed by atoms with van der Waals surface area (Å²) in [5, 5.41) is 12.6. The molecule has 4 N–H and O–H groups in total. The third-order valence-corrected chi connectivity index (χ3v) is 11.9. The lowest BCUT2D eigenvalue weighted by Gasteiger charge is -2.23. The minimum Gasteiger partial charge on any atom is -0.379 e. The number of anilines is 3. The quantitative estimate of drug-likeness (QED) is 0.0350. The zero-order valence-electron chi connectivity index (χ0n) is 38.9. The van der Waals surface area contributed by atoms with Crippen molar-refractivity contribution in [3.05, 3.63) is 123 Å². The van der Waals surface area contributed by atoms with Gasteiger partial charge in [0.05, 0.1) is 77.2 Å². The third-order valence-electron chi connectivity index (χ3n) is 11.7. The van der Waals surface area contributed by atoms with Crippen LogP contribution in [0, 0.1) is 0 Å². The average Bonchev–Trinajstić information content (AvgIpc) is 3.62. The minimum atomic E-state index is -1.54. The molecule has 370 valence electrons. The van der Waals surface area contributed by atoms with E-state index in [1.54, 1.807) is 71.8 Å². The molecule has 0 saturated carbocycles. The Balaban J connectivity index is 0.696. The van der Waals surface area contributed by atoms with Gasteiger partial charge in [0.1, 0.15) is 18.3 Å². The zero-order chi connectivity index (χ0) is 49.2. The Morgan fingerprint density at radius 3 is 2.40 bits per heavy atom. The number of aromatic nitrogens is 2. The van der Waals surface area contributed by atoms with E-state index in [2.05, 4.69) is 31.2 Å². The maximum Gasteiger partial charge on any atom is 0.254 e. The van der Waals surface area contributed by atoms with Crippen LogP contribution in [0.5, 0.6) is 0 Å². The van der Waals surface area contributed by atoms with Crippen LogP contribution in [-0.2, 0) is 41.6 Å². The highest BCUT2D eigenvalue weighted by atomic mass is 35.5. The molecule has 70 heavy (non-hydrogen) atoms. The monoisotopic (exact) mass is 982 g/mol. The number of alkyl halides is 1. The van der Waals surface area contributed by atoms with Crippen LogP contribution in [0.4, 0.5) is 26.1 Å². The van der Waals surface area contributed by atoms with Crippen molar-refractivity contribution in [2.75, 3.05) is 83.1 Å². The molecule has 1 aromatic heterocycles.